The normalized spacial score (nSPS) is 12.7. The van der Waals surface area contributed by atoms with E-state index < -0.39 is 0 Å². The Morgan fingerprint density at radius 3 is 2.76 bits per heavy atom. The summed E-state index contributed by atoms with van der Waals surface area (Å²) in [5.74, 6) is 0. The Labute approximate surface area is 129 Å². The molecule has 1 N–H and O–H groups in total. The van der Waals surface area contributed by atoms with E-state index in [2.05, 4.69) is 48.4 Å². The Morgan fingerprint density at radius 1 is 1.05 bits per heavy atom. The van der Waals surface area contributed by atoms with Crippen LogP contribution in [0.3, 0.4) is 0 Å². The SMILES string of the molecule is CCCCCCC(NCCC)c1cccc2cnccc12. The van der Waals surface area contributed by atoms with Crippen molar-refractivity contribution in [1.82, 2.24) is 10.3 Å². The number of unbranched alkanes of at least 4 members (excludes halogenated alkanes) is 3. The summed E-state index contributed by atoms with van der Waals surface area (Å²) in [6, 6.07) is 9.20. The molecule has 21 heavy (non-hydrogen) atoms. The first kappa shape index (κ1) is 16.0. The van der Waals surface area contributed by atoms with Crippen molar-refractivity contribution in [3.63, 3.8) is 0 Å². The molecule has 0 fully saturated rings. The van der Waals surface area contributed by atoms with Crippen molar-refractivity contribution in [2.45, 2.75) is 58.4 Å². The Balaban J connectivity index is 2.17. The van der Waals surface area contributed by atoms with Crippen LogP contribution in [-0.2, 0) is 0 Å². The highest BCUT2D eigenvalue weighted by molar-refractivity contribution is 5.85. The third kappa shape index (κ3) is 4.53. The van der Waals surface area contributed by atoms with Crippen molar-refractivity contribution in [3.05, 3.63) is 42.2 Å². The summed E-state index contributed by atoms with van der Waals surface area (Å²) in [6.45, 7) is 5.58. The third-order valence-corrected chi connectivity index (χ3v) is 4.08. The van der Waals surface area contributed by atoms with Gasteiger partial charge in [0.05, 0.1) is 0 Å². The fourth-order valence-corrected chi connectivity index (χ4v) is 2.91. The summed E-state index contributed by atoms with van der Waals surface area (Å²) in [4.78, 5) is 4.24. The molecular formula is C19H28N2. The van der Waals surface area contributed by atoms with Gasteiger partial charge >= 0.3 is 0 Å². The summed E-state index contributed by atoms with van der Waals surface area (Å²) in [6.07, 6.45) is 11.6. The number of fused-ring (bicyclic) bond motifs is 1. The second-order valence-electron chi connectivity index (χ2n) is 5.80. The lowest BCUT2D eigenvalue weighted by Crippen LogP contribution is -2.22. The maximum atomic E-state index is 4.24. The molecule has 0 saturated heterocycles. The molecule has 2 nitrogen and oxygen atoms in total. The van der Waals surface area contributed by atoms with Gasteiger partial charge in [-0.25, -0.2) is 0 Å². The molecule has 0 aliphatic heterocycles. The lowest BCUT2D eigenvalue weighted by molar-refractivity contribution is 0.473. The first-order chi connectivity index (χ1) is 10.4. The van der Waals surface area contributed by atoms with E-state index in [1.807, 2.05) is 12.4 Å². The fourth-order valence-electron chi connectivity index (χ4n) is 2.91. The number of aromatic nitrogens is 1. The van der Waals surface area contributed by atoms with E-state index in [1.165, 1.54) is 54.9 Å². The molecule has 1 atom stereocenters. The van der Waals surface area contributed by atoms with Crippen molar-refractivity contribution in [3.8, 4) is 0 Å². The molecule has 0 saturated carbocycles. The monoisotopic (exact) mass is 284 g/mol. The first-order valence-corrected chi connectivity index (χ1v) is 8.42. The minimum Gasteiger partial charge on any atom is -0.310 e. The molecule has 0 radical (unpaired) electrons. The third-order valence-electron chi connectivity index (χ3n) is 4.08. The van der Waals surface area contributed by atoms with Gasteiger partial charge in [-0.1, -0.05) is 57.7 Å². The van der Waals surface area contributed by atoms with Crippen LogP contribution in [0, 0.1) is 0 Å². The Kier molecular flexibility index (Phi) is 6.68. The lowest BCUT2D eigenvalue weighted by atomic mass is 9.95. The maximum Gasteiger partial charge on any atom is 0.0346 e. The highest BCUT2D eigenvalue weighted by Crippen LogP contribution is 2.27. The van der Waals surface area contributed by atoms with E-state index in [9.17, 15) is 0 Å². The van der Waals surface area contributed by atoms with E-state index in [0.29, 0.717) is 6.04 Å². The maximum absolute atomic E-state index is 4.24. The van der Waals surface area contributed by atoms with Gasteiger partial charge in [0.2, 0.25) is 0 Å². The lowest BCUT2D eigenvalue weighted by Gasteiger charge is -2.21. The second-order valence-corrected chi connectivity index (χ2v) is 5.80. The van der Waals surface area contributed by atoms with E-state index in [-0.39, 0.29) is 0 Å². The standard InChI is InChI=1S/C19H28N2/c1-3-5-6-7-11-19(21-13-4-2)18-10-8-9-16-15-20-14-12-17(16)18/h8-10,12,14-15,19,21H,3-7,11,13H2,1-2H3. The Hall–Kier alpha value is -1.41. The van der Waals surface area contributed by atoms with Crippen LogP contribution < -0.4 is 5.32 Å². The van der Waals surface area contributed by atoms with Crippen LogP contribution in [0.1, 0.15) is 64.0 Å². The summed E-state index contributed by atoms with van der Waals surface area (Å²) < 4.78 is 0. The zero-order valence-electron chi connectivity index (χ0n) is 13.4. The van der Waals surface area contributed by atoms with Crippen molar-refractivity contribution < 1.29 is 0 Å². The van der Waals surface area contributed by atoms with Gasteiger partial charge in [0, 0.05) is 23.8 Å². The molecule has 2 rings (SSSR count). The number of hydrogen-bond acceptors (Lipinski definition) is 2. The van der Waals surface area contributed by atoms with Gasteiger partial charge in [0.25, 0.3) is 0 Å². The van der Waals surface area contributed by atoms with Crippen LogP contribution in [0.4, 0.5) is 0 Å². The van der Waals surface area contributed by atoms with Crippen LogP contribution in [0.15, 0.2) is 36.7 Å². The highest BCUT2D eigenvalue weighted by atomic mass is 14.9. The van der Waals surface area contributed by atoms with Crippen molar-refractivity contribution in [2.75, 3.05) is 6.54 Å². The number of nitrogens with zero attached hydrogens (tertiary/aromatic N) is 1. The summed E-state index contributed by atoms with van der Waals surface area (Å²) >= 11 is 0. The largest absolute Gasteiger partial charge is 0.310 e. The summed E-state index contributed by atoms with van der Waals surface area (Å²) in [5, 5.41) is 6.32. The topological polar surface area (TPSA) is 24.9 Å². The second kappa shape index (κ2) is 8.78. The average molecular weight is 284 g/mol. The van der Waals surface area contributed by atoms with Crippen LogP contribution >= 0.6 is 0 Å². The van der Waals surface area contributed by atoms with Gasteiger partial charge in [-0.15, -0.1) is 0 Å². The molecule has 1 aromatic carbocycles. The summed E-state index contributed by atoms with van der Waals surface area (Å²) in [5.41, 5.74) is 1.43. The van der Waals surface area contributed by atoms with Crippen LogP contribution in [-0.4, -0.2) is 11.5 Å². The first-order valence-electron chi connectivity index (χ1n) is 8.42. The van der Waals surface area contributed by atoms with Crippen LogP contribution in [0.2, 0.25) is 0 Å². The number of benzene rings is 1. The molecule has 0 spiro atoms. The van der Waals surface area contributed by atoms with Crippen molar-refractivity contribution >= 4 is 10.8 Å². The van der Waals surface area contributed by atoms with E-state index in [1.54, 1.807) is 0 Å². The molecular weight excluding hydrogens is 256 g/mol. The number of pyridine rings is 1. The molecule has 2 aromatic rings. The van der Waals surface area contributed by atoms with Crippen LogP contribution in [0.5, 0.6) is 0 Å². The van der Waals surface area contributed by atoms with Gasteiger partial charge < -0.3 is 5.32 Å². The van der Waals surface area contributed by atoms with Gasteiger partial charge in [0.15, 0.2) is 0 Å². The minimum absolute atomic E-state index is 0.466. The van der Waals surface area contributed by atoms with Gasteiger partial charge in [-0.05, 0) is 36.4 Å². The van der Waals surface area contributed by atoms with E-state index in [0.717, 1.165) is 6.54 Å². The van der Waals surface area contributed by atoms with Crippen molar-refractivity contribution in [2.24, 2.45) is 0 Å². The smallest absolute Gasteiger partial charge is 0.0346 e. The molecule has 0 amide bonds. The predicted molar refractivity (Wildman–Crippen MR) is 91.5 cm³/mol. The molecule has 0 aliphatic rings. The van der Waals surface area contributed by atoms with Crippen LogP contribution in [0.25, 0.3) is 10.8 Å². The zero-order chi connectivity index (χ0) is 14.9. The van der Waals surface area contributed by atoms with E-state index in [4.69, 9.17) is 0 Å². The number of nitrogens with one attached hydrogen (secondary N) is 1. The minimum atomic E-state index is 0.466. The van der Waals surface area contributed by atoms with Crippen molar-refractivity contribution in [1.29, 1.82) is 0 Å². The van der Waals surface area contributed by atoms with Gasteiger partial charge in [-0.2, -0.15) is 0 Å². The predicted octanol–water partition coefficient (Wildman–Crippen LogP) is 5.25. The highest BCUT2D eigenvalue weighted by Gasteiger charge is 2.13. The van der Waals surface area contributed by atoms with Gasteiger partial charge in [-0.3, -0.25) is 4.98 Å². The molecule has 2 heteroatoms. The molecule has 0 aliphatic carbocycles. The average Bonchev–Trinajstić information content (AvgIpc) is 2.54. The number of rotatable bonds is 9. The van der Waals surface area contributed by atoms with Gasteiger partial charge in [0.1, 0.15) is 0 Å². The van der Waals surface area contributed by atoms with E-state index >= 15 is 0 Å². The molecule has 114 valence electrons. The zero-order valence-corrected chi connectivity index (χ0v) is 13.4. The fraction of sp³-hybridized carbons (Fsp3) is 0.526. The Bertz CT molecular complexity index is 531. The molecule has 1 unspecified atom stereocenters. The summed E-state index contributed by atoms with van der Waals surface area (Å²) in [7, 11) is 0. The number of hydrogen-bond donors (Lipinski definition) is 1. The Morgan fingerprint density at radius 2 is 1.95 bits per heavy atom. The molecule has 1 heterocycles. The molecule has 0 bridgehead atoms. The quantitative estimate of drug-likeness (QED) is 0.636. The molecule has 1 aromatic heterocycles.